The lowest BCUT2D eigenvalue weighted by Crippen LogP contribution is -2.36. The van der Waals surface area contributed by atoms with E-state index in [-0.39, 0.29) is 5.54 Å². The standard InChI is InChI=1S/C21H26N2O/c1-21(2,3)22-12-7-13-24-18-10-6-9-16(14-18)20-15-17-8-4-5-11-19(17)23-20/h4-6,8-11,14-15,22-23H,7,12-13H2,1-3H3. The molecular formula is C21H26N2O. The van der Waals surface area contributed by atoms with E-state index < -0.39 is 0 Å². The van der Waals surface area contributed by atoms with Gasteiger partial charge in [0.2, 0.25) is 0 Å². The second-order valence-electron chi connectivity index (χ2n) is 7.18. The predicted octanol–water partition coefficient (Wildman–Crippen LogP) is 4.99. The van der Waals surface area contributed by atoms with Crippen molar-refractivity contribution in [1.82, 2.24) is 10.3 Å². The molecule has 2 N–H and O–H groups in total. The van der Waals surface area contributed by atoms with Crippen LogP contribution in [0.15, 0.2) is 54.6 Å². The van der Waals surface area contributed by atoms with Gasteiger partial charge in [-0.2, -0.15) is 0 Å². The fraction of sp³-hybridized carbons (Fsp3) is 0.333. The van der Waals surface area contributed by atoms with Gasteiger partial charge in [0.1, 0.15) is 5.75 Å². The van der Waals surface area contributed by atoms with Crippen LogP contribution in [-0.4, -0.2) is 23.7 Å². The average molecular weight is 322 g/mol. The predicted molar refractivity (Wildman–Crippen MR) is 102 cm³/mol. The Morgan fingerprint density at radius 3 is 2.62 bits per heavy atom. The minimum atomic E-state index is 0.162. The normalized spacial score (nSPS) is 11.8. The molecule has 0 aliphatic heterocycles. The molecule has 0 spiro atoms. The highest BCUT2D eigenvalue weighted by molar-refractivity contribution is 5.85. The minimum absolute atomic E-state index is 0.162. The van der Waals surface area contributed by atoms with Crippen molar-refractivity contribution in [3.8, 4) is 17.0 Å². The van der Waals surface area contributed by atoms with Gasteiger partial charge < -0.3 is 15.0 Å². The van der Waals surface area contributed by atoms with Crippen molar-refractivity contribution in [2.75, 3.05) is 13.2 Å². The van der Waals surface area contributed by atoms with Crippen LogP contribution in [0.4, 0.5) is 0 Å². The van der Waals surface area contributed by atoms with Crippen molar-refractivity contribution in [2.24, 2.45) is 0 Å². The second-order valence-corrected chi connectivity index (χ2v) is 7.18. The van der Waals surface area contributed by atoms with Gasteiger partial charge in [-0.05, 0) is 58.0 Å². The monoisotopic (exact) mass is 322 g/mol. The third-order valence-electron chi connectivity index (χ3n) is 3.92. The molecule has 1 heterocycles. The number of ether oxygens (including phenoxy) is 1. The summed E-state index contributed by atoms with van der Waals surface area (Å²) < 4.78 is 5.90. The van der Waals surface area contributed by atoms with Crippen LogP contribution in [0, 0.1) is 0 Å². The second kappa shape index (κ2) is 7.10. The Hall–Kier alpha value is -2.26. The Morgan fingerprint density at radius 1 is 1.00 bits per heavy atom. The quantitative estimate of drug-likeness (QED) is 0.627. The first-order valence-electron chi connectivity index (χ1n) is 8.57. The van der Waals surface area contributed by atoms with E-state index in [1.165, 1.54) is 5.39 Å². The van der Waals surface area contributed by atoms with Crippen LogP contribution in [0.2, 0.25) is 0 Å². The SMILES string of the molecule is CC(C)(C)NCCCOc1cccc(-c2cc3ccccc3[nH]2)c1. The summed E-state index contributed by atoms with van der Waals surface area (Å²) in [5.41, 5.74) is 3.59. The van der Waals surface area contributed by atoms with Crippen LogP contribution in [0.1, 0.15) is 27.2 Å². The molecule has 1 aromatic heterocycles. The molecule has 24 heavy (non-hydrogen) atoms. The Bertz CT molecular complexity index is 766. The number of rotatable bonds is 6. The van der Waals surface area contributed by atoms with Gasteiger partial charge in [-0.1, -0.05) is 30.3 Å². The molecule has 2 aromatic carbocycles. The number of benzene rings is 2. The van der Waals surface area contributed by atoms with Gasteiger partial charge in [0, 0.05) is 27.7 Å². The smallest absolute Gasteiger partial charge is 0.119 e. The number of nitrogens with one attached hydrogen (secondary N) is 2. The first-order valence-corrected chi connectivity index (χ1v) is 8.57. The van der Waals surface area contributed by atoms with Crippen molar-refractivity contribution in [1.29, 1.82) is 0 Å². The van der Waals surface area contributed by atoms with Crippen molar-refractivity contribution >= 4 is 10.9 Å². The molecule has 0 saturated carbocycles. The average Bonchev–Trinajstić information content (AvgIpc) is 2.98. The fourth-order valence-corrected chi connectivity index (χ4v) is 2.71. The maximum absolute atomic E-state index is 5.90. The molecule has 0 aliphatic rings. The molecule has 0 atom stereocenters. The summed E-state index contributed by atoms with van der Waals surface area (Å²) in [6, 6.07) is 18.8. The van der Waals surface area contributed by atoms with E-state index in [1.54, 1.807) is 0 Å². The molecule has 0 amide bonds. The lowest BCUT2D eigenvalue weighted by atomic mass is 10.1. The summed E-state index contributed by atoms with van der Waals surface area (Å²) in [6.45, 7) is 8.22. The number of aromatic nitrogens is 1. The van der Waals surface area contributed by atoms with Crippen LogP contribution >= 0.6 is 0 Å². The summed E-state index contributed by atoms with van der Waals surface area (Å²) >= 11 is 0. The van der Waals surface area contributed by atoms with Crippen molar-refractivity contribution < 1.29 is 4.74 Å². The first-order chi connectivity index (χ1) is 11.5. The number of aromatic amines is 1. The maximum Gasteiger partial charge on any atom is 0.119 e. The number of H-pyrrole nitrogens is 1. The van der Waals surface area contributed by atoms with Gasteiger partial charge in [-0.3, -0.25) is 0 Å². The molecule has 3 rings (SSSR count). The summed E-state index contributed by atoms with van der Waals surface area (Å²) in [5, 5.41) is 4.70. The van der Waals surface area contributed by atoms with Crippen LogP contribution in [-0.2, 0) is 0 Å². The van der Waals surface area contributed by atoms with Crippen LogP contribution in [0.25, 0.3) is 22.2 Å². The topological polar surface area (TPSA) is 37.0 Å². The van der Waals surface area contributed by atoms with Gasteiger partial charge in [0.05, 0.1) is 6.61 Å². The van der Waals surface area contributed by atoms with Gasteiger partial charge in [-0.15, -0.1) is 0 Å². The van der Waals surface area contributed by atoms with Gasteiger partial charge in [-0.25, -0.2) is 0 Å². The highest BCUT2D eigenvalue weighted by atomic mass is 16.5. The Kier molecular flexibility index (Phi) is 4.91. The van der Waals surface area contributed by atoms with Crippen LogP contribution in [0.5, 0.6) is 5.75 Å². The van der Waals surface area contributed by atoms with E-state index in [0.717, 1.165) is 42.1 Å². The van der Waals surface area contributed by atoms with Crippen molar-refractivity contribution in [3.05, 3.63) is 54.6 Å². The first kappa shape index (κ1) is 16.6. The van der Waals surface area contributed by atoms with Crippen LogP contribution < -0.4 is 10.1 Å². The van der Waals surface area contributed by atoms with E-state index in [2.05, 4.69) is 67.5 Å². The molecule has 126 valence electrons. The summed E-state index contributed by atoms with van der Waals surface area (Å²) in [5.74, 6) is 0.918. The maximum atomic E-state index is 5.90. The number of fused-ring (bicyclic) bond motifs is 1. The highest BCUT2D eigenvalue weighted by Crippen LogP contribution is 2.26. The number of hydrogen-bond acceptors (Lipinski definition) is 2. The Labute approximate surface area is 144 Å². The van der Waals surface area contributed by atoms with E-state index in [1.807, 2.05) is 18.2 Å². The van der Waals surface area contributed by atoms with E-state index >= 15 is 0 Å². The van der Waals surface area contributed by atoms with Gasteiger partial charge >= 0.3 is 0 Å². The summed E-state index contributed by atoms with van der Waals surface area (Å²) in [6.07, 6.45) is 0.994. The molecule has 0 aliphatic carbocycles. The van der Waals surface area contributed by atoms with Gasteiger partial charge in [0.15, 0.2) is 0 Å². The fourth-order valence-electron chi connectivity index (χ4n) is 2.71. The van der Waals surface area contributed by atoms with Crippen LogP contribution in [0.3, 0.4) is 0 Å². The molecular weight excluding hydrogens is 296 g/mol. The molecule has 0 fully saturated rings. The summed E-state index contributed by atoms with van der Waals surface area (Å²) in [4.78, 5) is 3.47. The largest absolute Gasteiger partial charge is 0.494 e. The van der Waals surface area contributed by atoms with Crippen molar-refractivity contribution in [3.63, 3.8) is 0 Å². The van der Waals surface area contributed by atoms with Gasteiger partial charge in [0.25, 0.3) is 0 Å². The van der Waals surface area contributed by atoms with Crippen molar-refractivity contribution in [2.45, 2.75) is 32.7 Å². The molecule has 0 bridgehead atoms. The zero-order chi connectivity index (χ0) is 17.0. The third-order valence-corrected chi connectivity index (χ3v) is 3.92. The zero-order valence-corrected chi connectivity index (χ0v) is 14.7. The number of para-hydroxylation sites is 1. The lowest BCUT2D eigenvalue weighted by Gasteiger charge is -2.20. The molecule has 0 saturated heterocycles. The molecule has 0 radical (unpaired) electrons. The molecule has 3 heteroatoms. The lowest BCUT2D eigenvalue weighted by molar-refractivity contribution is 0.298. The molecule has 0 unspecified atom stereocenters. The van der Waals surface area contributed by atoms with E-state index in [0.29, 0.717) is 0 Å². The van der Waals surface area contributed by atoms with E-state index in [9.17, 15) is 0 Å². The molecule has 3 aromatic rings. The summed E-state index contributed by atoms with van der Waals surface area (Å²) in [7, 11) is 0. The minimum Gasteiger partial charge on any atom is -0.494 e. The van der Waals surface area contributed by atoms with E-state index in [4.69, 9.17) is 4.74 Å². The Morgan fingerprint density at radius 2 is 1.83 bits per heavy atom. The Balaban J connectivity index is 1.62. The molecule has 3 nitrogen and oxygen atoms in total. The third kappa shape index (κ3) is 4.39. The number of hydrogen-bond donors (Lipinski definition) is 2. The highest BCUT2D eigenvalue weighted by Gasteiger charge is 2.07. The zero-order valence-electron chi connectivity index (χ0n) is 14.7.